The third kappa shape index (κ3) is 4.29. The lowest BCUT2D eigenvalue weighted by Gasteiger charge is -2.21. The number of rotatable bonds is 2. The lowest BCUT2D eigenvalue weighted by Crippen LogP contribution is -2.37. The van der Waals surface area contributed by atoms with E-state index in [-0.39, 0.29) is 29.4 Å². The molecule has 1 atom stereocenters. The van der Waals surface area contributed by atoms with E-state index in [2.05, 4.69) is 20.8 Å². The Morgan fingerprint density at radius 3 is 2.68 bits per heavy atom. The SMILES string of the molecule is Cl.O=C(Nc1nnc(C(F)(F)F)s1)C1CCCNC1. The standard InChI is InChI=1S/C9H11F3N4OS.ClH/c10-9(11,12)7-15-16-8(18-7)14-6(17)5-2-1-3-13-4-5;/h5,13H,1-4H2,(H,14,16,17);1H. The Hall–Kier alpha value is -0.930. The van der Waals surface area contributed by atoms with Crippen molar-refractivity contribution in [2.75, 3.05) is 18.4 Å². The second-order valence-corrected chi connectivity index (χ2v) is 4.92. The van der Waals surface area contributed by atoms with E-state index >= 15 is 0 Å². The van der Waals surface area contributed by atoms with Crippen molar-refractivity contribution >= 4 is 34.8 Å². The number of nitrogens with one attached hydrogen (secondary N) is 2. The van der Waals surface area contributed by atoms with Crippen molar-refractivity contribution in [3.05, 3.63) is 5.01 Å². The maximum Gasteiger partial charge on any atom is 0.445 e. The van der Waals surface area contributed by atoms with Crippen LogP contribution in [0.1, 0.15) is 17.8 Å². The summed E-state index contributed by atoms with van der Waals surface area (Å²) in [6, 6.07) is 0. The molecule has 5 nitrogen and oxygen atoms in total. The van der Waals surface area contributed by atoms with Gasteiger partial charge in [-0.15, -0.1) is 22.6 Å². The highest BCUT2D eigenvalue weighted by Crippen LogP contribution is 2.33. The number of anilines is 1. The van der Waals surface area contributed by atoms with E-state index in [0.717, 1.165) is 19.4 Å². The zero-order valence-electron chi connectivity index (χ0n) is 9.66. The number of hydrogen-bond acceptors (Lipinski definition) is 5. The molecule has 0 bridgehead atoms. The normalized spacial score (nSPS) is 19.6. The van der Waals surface area contributed by atoms with Gasteiger partial charge in [-0.05, 0) is 19.4 Å². The molecule has 108 valence electrons. The average Bonchev–Trinajstić information content (AvgIpc) is 2.78. The molecule has 2 N–H and O–H groups in total. The number of amides is 1. The Kier molecular flexibility index (Phi) is 5.50. The Bertz CT molecular complexity index is 433. The van der Waals surface area contributed by atoms with Gasteiger partial charge in [0.2, 0.25) is 16.0 Å². The van der Waals surface area contributed by atoms with Gasteiger partial charge in [-0.2, -0.15) is 13.2 Å². The molecule has 0 spiro atoms. The minimum absolute atomic E-state index is 0. The molecular formula is C9H12ClF3N4OS. The third-order valence-corrected chi connectivity index (χ3v) is 3.45. The van der Waals surface area contributed by atoms with Crippen LogP contribution in [0, 0.1) is 5.92 Å². The summed E-state index contributed by atoms with van der Waals surface area (Å²) in [5.41, 5.74) is 0. The predicted molar refractivity (Wildman–Crippen MR) is 66.4 cm³/mol. The molecule has 1 aliphatic rings. The van der Waals surface area contributed by atoms with Crippen LogP contribution in [0.5, 0.6) is 0 Å². The molecular weight excluding hydrogens is 305 g/mol. The molecule has 1 amide bonds. The molecule has 1 saturated heterocycles. The van der Waals surface area contributed by atoms with Gasteiger partial charge in [-0.3, -0.25) is 4.79 Å². The number of piperidine rings is 1. The number of hydrogen-bond donors (Lipinski definition) is 2. The van der Waals surface area contributed by atoms with Crippen molar-refractivity contribution in [2.45, 2.75) is 19.0 Å². The van der Waals surface area contributed by atoms with Crippen LogP contribution in [-0.2, 0) is 11.0 Å². The Morgan fingerprint density at radius 1 is 1.42 bits per heavy atom. The summed E-state index contributed by atoms with van der Waals surface area (Å²) in [6.45, 7) is 1.40. The lowest BCUT2D eigenvalue weighted by molar-refractivity contribution is -0.138. The van der Waals surface area contributed by atoms with Gasteiger partial charge in [0.1, 0.15) is 0 Å². The first-order valence-corrected chi connectivity index (χ1v) is 6.21. The number of aromatic nitrogens is 2. The molecule has 0 aromatic carbocycles. The molecule has 0 aliphatic carbocycles. The van der Waals surface area contributed by atoms with Crippen molar-refractivity contribution in [3.8, 4) is 0 Å². The molecule has 1 aromatic heterocycles. The van der Waals surface area contributed by atoms with Gasteiger partial charge >= 0.3 is 6.18 Å². The lowest BCUT2D eigenvalue weighted by atomic mass is 9.99. The number of carbonyl (C=O) groups is 1. The van der Waals surface area contributed by atoms with Gasteiger partial charge in [0.25, 0.3) is 0 Å². The maximum absolute atomic E-state index is 12.3. The van der Waals surface area contributed by atoms with E-state index in [0.29, 0.717) is 17.9 Å². The number of carbonyl (C=O) groups excluding carboxylic acids is 1. The Morgan fingerprint density at radius 2 is 2.16 bits per heavy atom. The van der Waals surface area contributed by atoms with E-state index < -0.39 is 11.2 Å². The zero-order chi connectivity index (χ0) is 13.2. The van der Waals surface area contributed by atoms with Crippen LogP contribution < -0.4 is 10.6 Å². The fourth-order valence-electron chi connectivity index (χ4n) is 1.67. The summed E-state index contributed by atoms with van der Waals surface area (Å²) in [5.74, 6) is -0.538. The van der Waals surface area contributed by atoms with Crippen LogP contribution in [0.2, 0.25) is 0 Å². The summed E-state index contributed by atoms with van der Waals surface area (Å²) in [4.78, 5) is 11.7. The number of alkyl halides is 3. The monoisotopic (exact) mass is 316 g/mol. The molecule has 0 radical (unpaired) electrons. The van der Waals surface area contributed by atoms with Crippen LogP contribution in [0.3, 0.4) is 0 Å². The average molecular weight is 317 g/mol. The molecule has 1 aliphatic heterocycles. The molecule has 1 fully saturated rings. The number of nitrogens with zero attached hydrogens (tertiary/aromatic N) is 2. The van der Waals surface area contributed by atoms with Crippen LogP contribution in [0.4, 0.5) is 18.3 Å². The fourth-order valence-corrected chi connectivity index (χ4v) is 2.29. The van der Waals surface area contributed by atoms with Crippen molar-refractivity contribution in [1.82, 2.24) is 15.5 Å². The Labute approximate surface area is 117 Å². The highest BCUT2D eigenvalue weighted by atomic mass is 35.5. The van der Waals surface area contributed by atoms with Crippen molar-refractivity contribution < 1.29 is 18.0 Å². The van der Waals surface area contributed by atoms with Crippen molar-refractivity contribution in [2.24, 2.45) is 5.92 Å². The smallest absolute Gasteiger partial charge is 0.316 e. The van der Waals surface area contributed by atoms with E-state index in [9.17, 15) is 18.0 Å². The summed E-state index contributed by atoms with van der Waals surface area (Å²) in [7, 11) is 0. The van der Waals surface area contributed by atoms with Crippen molar-refractivity contribution in [3.63, 3.8) is 0 Å². The summed E-state index contributed by atoms with van der Waals surface area (Å²) in [6.07, 6.45) is -2.92. The van der Waals surface area contributed by atoms with Gasteiger partial charge in [0.15, 0.2) is 0 Å². The number of halogens is 4. The van der Waals surface area contributed by atoms with Crippen LogP contribution in [-0.4, -0.2) is 29.2 Å². The highest BCUT2D eigenvalue weighted by Gasteiger charge is 2.36. The first-order valence-electron chi connectivity index (χ1n) is 5.39. The van der Waals surface area contributed by atoms with E-state index in [1.807, 2.05) is 0 Å². The summed E-state index contributed by atoms with van der Waals surface area (Å²) >= 11 is 0.333. The quantitative estimate of drug-likeness (QED) is 0.875. The van der Waals surface area contributed by atoms with Gasteiger partial charge in [-0.25, -0.2) is 0 Å². The van der Waals surface area contributed by atoms with Gasteiger partial charge in [0, 0.05) is 6.54 Å². The van der Waals surface area contributed by atoms with Crippen LogP contribution >= 0.6 is 23.7 Å². The van der Waals surface area contributed by atoms with E-state index in [1.165, 1.54) is 0 Å². The molecule has 10 heteroatoms. The molecule has 2 rings (SSSR count). The second kappa shape index (κ2) is 6.49. The van der Waals surface area contributed by atoms with Gasteiger partial charge in [0.05, 0.1) is 5.92 Å². The molecule has 2 heterocycles. The topological polar surface area (TPSA) is 66.9 Å². The van der Waals surface area contributed by atoms with E-state index in [4.69, 9.17) is 0 Å². The molecule has 19 heavy (non-hydrogen) atoms. The van der Waals surface area contributed by atoms with E-state index in [1.54, 1.807) is 0 Å². The molecule has 1 unspecified atom stereocenters. The minimum atomic E-state index is -4.52. The van der Waals surface area contributed by atoms with Crippen LogP contribution in [0.15, 0.2) is 0 Å². The second-order valence-electron chi connectivity index (χ2n) is 3.94. The predicted octanol–water partition coefficient (Wildman–Crippen LogP) is 1.92. The van der Waals surface area contributed by atoms with Crippen molar-refractivity contribution in [1.29, 1.82) is 0 Å². The fraction of sp³-hybridized carbons (Fsp3) is 0.667. The Balaban J connectivity index is 0.00000180. The van der Waals surface area contributed by atoms with Gasteiger partial charge < -0.3 is 10.6 Å². The summed E-state index contributed by atoms with van der Waals surface area (Å²) < 4.78 is 36.8. The first-order chi connectivity index (χ1) is 8.47. The third-order valence-electron chi connectivity index (χ3n) is 2.57. The minimum Gasteiger partial charge on any atom is -0.316 e. The van der Waals surface area contributed by atoms with Gasteiger partial charge in [-0.1, -0.05) is 11.3 Å². The van der Waals surface area contributed by atoms with Crippen LogP contribution in [0.25, 0.3) is 0 Å². The summed E-state index contributed by atoms with van der Waals surface area (Å²) in [5, 5.41) is 10.6. The maximum atomic E-state index is 12.3. The largest absolute Gasteiger partial charge is 0.445 e. The zero-order valence-corrected chi connectivity index (χ0v) is 11.3. The first kappa shape index (κ1) is 16.1. The molecule has 1 aromatic rings. The molecule has 0 saturated carbocycles. The highest BCUT2D eigenvalue weighted by molar-refractivity contribution is 7.15.